The van der Waals surface area contributed by atoms with Gasteiger partial charge in [0.2, 0.25) is 0 Å². The zero-order chi connectivity index (χ0) is 15.6. The number of ether oxygens (including phenoxy) is 1. The Morgan fingerprint density at radius 1 is 1.43 bits per heavy atom. The van der Waals surface area contributed by atoms with Gasteiger partial charge in [0, 0.05) is 28.5 Å². The van der Waals surface area contributed by atoms with Gasteiger partial charge in [0.1, 0.15) is 0 Å². The Bertz CT molecular complexity index is 537. The summed E-state index contributed by atoms with van der Waals surface area (Å²) in [7, 11) is 0. The second kappa shape index (κ2) is 6.66. The lowest BCUT2D eigenvalue weighted by Gasteiger charge is -2.32. The molecule has 21 heavy (non-hydrogen) atoms. The second-order valence-electron chi connectivity index (χ2n) is 4.59. The summed E-state index contributed by atoms with van der Waals surface area (Å²) in [5, 5.41) is 0.574. The van der Waals surface area contributed by atoms with Crippen LogP contribution < -0.4 is 0 Å². The van der Waals surface area contributed by atoms with Crippen molar-refractivity contribution in [3.8, 4) is 0 Å². The molecule has 0 bridgehead atoms. The van der Waals surface area contributed by atoms with Crippen LogP contribution in [0.5, 0.6) is 0 Å². The maximum atomic E-state index is 12.9. The van der Waals surface area contributed by atoms with Crippen LogP contribution in [-0.4, -0.2) is 41.9 Å². The van der Waals surface area contributed by atoms with Gasteiger partial charge in [-0.3, -0.25) is 4.79 Å². The van der Waals surface area contributed by atoms with Crippen molar-refractivity contribution < 1.29 is 22.7 Å². The summed E-state index contributed by atoms with van der Waals surface area (Å²) in [5.41, 5.74) is -0.820. The van der Waals surface area contributed by atoms with Gasteiger partial charge in [0.15, 0.2) is 0 Å². The van der Waals surface area contributed by atoms with Gasteiger partial charge in [-0.05, 0) is 18.2 Å². The first-order valence-corrected chi connectivity index (χ1v) is 8.08. The van der Waals surface area contributed by atoms with Crippen LogP contribution in [0.4, 0.5) is 13.2 Å². The Balaban J connectivity index is 2.23. The molecule has 0 spiro atoms. The monoisotopic (exact) mass is 429 g/mol. The molecule has 1 amide bonds. The van der Waals surface area contributed by atoms with Crippen LogP contribution in [0.3, 0.4) is 0 Å². The second-order valence-corrected chi connectivity index (χ2v) is 6.09. The molecule has 1 heterocycles. The van der Waals surface area contributed by atoms with Crippen molar-refractivity contribution in [3.05, 3.63) is 33.8 Å². The normalized spacial score (nSPS) is 19.7. The molecule has 1 aliphatic rings. The van der Waals surface area contributed by atoms with Crippen molar-refractivity contribution in [2.24, 2.45) is 0 Å². The lowest BCUT2D eigenvalue weighted by atomic mass is 10.1. The largest absolute Gasteiger partial charge is 0.417 e. The molecule has 0 aromatic heterocycles. The van der Waals surface area contributed by atoms with E-state index in [0.29, 0.717) is 25.0 Å². The number of hydrogen-bond acceptors (Lipinski definition) is 2. The predicted octanol–water partition coefficient (Wildman–Crippen LogP) is 3.70. The van der Waals surface area contributed by atoms with Crippen LogP contribution >= 0.6 is 31.9 Å². The standard InChI is InChI=1S/C13H12Br2F3NO2/c14-6-9-7-19(3-4-21-9)12(20)8-1-2-11(15)10(5-8)13(16,17)18/h1-2,5,9H,3-4,6-7H2. The highest BCUT2D eigenvalue weighted by atomic mass is 79.9. The quantitative estimate of drug-likeness (QED) is 0.669. The molecule has 1 aromatic rings. The molecule has 1 atom stereocenters. The highest BCUT2D eigenvalue weighted by Gasteiger charge is 2.34. The van der Waals surface area contributed by atoms with E-state index < -0.39 is 17.6 Å². The third-order valence-corrected chi connectivity index (χ3v) is 4.53. The van der Waals surface area contributed by atoms with E-state index in [9.17, 15) is 18.0 Å². The molecule has 0 radical (unpaired) electrons. The maximum absolute atomic E-state index is 12.9. The molecule has 1 saturated heterocycles. The third kappa shape index (κ3) is 3.98. The van der Waals surface area contributed by atoms with Crippen LogP contribution in [0, 0.1) is 0 Å². The minimum atomic E-state index is -4.50. The van der Waals surface area contributed by atoms with Gasteiger partial charge in [0.25, 0.3) is 5.91 Å². The van der Waals surface area contributed by atoms with Gasteiger partial charge in [-0.15, -0.1) is 0 Å². The summed E-state index contributed by atoms with van der Waals surface area (Å²) in [4.78, 5) is 13.8. The van der Waals surface area contributed by atoms with Crippen LogP contribution in [0.2, 0.25) is 0 Å². The van der Waals surface area contributed by atoms with Crippen molar-refractivity contribution >= 4 is 37.8 Å². The minimum Gasteiger partial charge on any atom is -0.374 e. The van der Waals surface area contributed by atoms with Crippen LogP contribution in [0.1, 0.15) is 15.9 Å². The van der Waals surface area contributed by atoms with E-state index >= 15 is 0 Å². The number of carbonyl (C=O) groups excluding carboxylic acids is 1. The first-order valence-electron chi connectivity index (χ1n) is 6.16. The number of morpholine rings is 1. The Morgan fingerprint density at radius 3 is 2.76 bits per heavy atom. The lowest BCUT2D eigenvalue weighted by Crippen LogP contribution is -2.46. The number of amides is 1. The summed E-state index contributed by atoms with van der Waals surface area (Å²) in [6, 6.07) is 3.52. The van der Waals surface area contributed by atoms with Gasteiger partial charge in [-0.2, -0.15) is 13.2 Å². The number of carbonyl (C=O) groups is 1. The molecule has 1 fully saturated rings. The average molecular weight is 431 g/mol. The van der Waals surface area contributed by atoms with E-state index in [4.69, 9.17) is 4.74 Å². The Labute approximate surface area is 136 Å². The van der Waals surface area contributed by atoms with Crippen molar-refractivity contribution in [3.63, 3.8) is 0 Å². The van der Waals surface area contributed by atoms with Gasteiger partial charge in [0.05, 0.1) is 18.3 Å². The van der Waals surface area contributed by atoms with Gasteiger partial charge >= 0.3 is 6.18 Å². The van der Waals surface area contributed by atoms with E-state index in [2.05, 4.69) is 31.9 Å². The molecule has 1 unspecified atom stereocenters. The molecule has 2 rings (SSSR count). The van der Waals surface area contributed by atoms with Gasteiger partial charge < -0.3 is 9.64 Å². The Kier molecular flexibility index (Phi) is 5.32. The zero-order valence-electron chi connectivity index (χ0n) is 10.8. The van der Waals surface area contributed by atoms with E-state index in [1.54, 1.807) is 0 Å². The molecular weight excluding hydrogens is 419 g/mol. The molecule has 8 heteroatoms. The van der Waals surface area contributed by atoms with Crippen LogP contribution in [0.15, 0.2) is 22.7 Å². The number of benzene rings is 1. The molecule has 0 saturated carbocycles. The number of halogens is 5. The highest BCUT2D eigenvalue weighted by Crippen LogP contribution is 2.35. The third-order valence-electron chi connectivity index (χ3n) is 3.12. The molecule has 3 nitrogen and oxygen atoms in total. The fourth-order valence-electron chi connectivity index (χ4n) is 2.06. The number of rotatable bonds is 2. The van der Waals surface area contributed by atoms with E-state index in [-0.39, 0.29) is 16.1 Å². The predicted molar refractivity (Wildman–Crippen MR) is 78.6 cm³/mol. The fourth-order valence-corrected chi connectivity index (χ4v) is 2.92. The van der Waals surface area contributed by atoms with Gasteiger partial charge in [-0.25, -0.2) is 0 Å². The van der Waals surface area contributed by atoms with Crippen molar-refractivity contribution in [2.45, 2.75) is 12.3 Å². The van der Waals surface area contributed by atoms with E-state index in [1.165, 1.54) is 17.0 Å². The minimum absolute atomic E-state index is 0.0285. The van der Waals surface area contributed by atoms with Crippen LogP contribution in [-0.2, 0) is 10.9 Å². The van der Waals surface area contributed by atoms with Gasteiger partial charge in [-0.1, -0.05) is 31.9 Å². The highest BCUT2D eigenvalue weighted by molar-refractivity contribution is 9.10. The number of hydrogen-bond donors (Lipinski definition) is 0. The van der Waals surface area contributed by atoms with Crippen molar-refractivity contribution in [2.75, 3.05) is 25.0 Å². The number of alkyl halides is 4. The summed E-state index contributed by atoms with van der Waals surface area (Å²) in [6.07, 6.45) is -4.64. The van der Waals surface area contributed by atoms with E-state index in [0.717, 1.165) is 6.07 Å². The smallest absolute Gasteiger partial charge is 0.374 e. The fraction of sp³-hybridized carbons (Fsp3) is 0.462. The molecule has 0 aliphatic carbocycles. The Hall–Kier alpha value is -0.600. The number of nitrogens with zero attached hydrogens (tertiary/aromatic N) is 1. The van der Waals surface area contributed by atoms with Crippen molar-refractivity contribution in [1.82, 2.24) is 4.90 Å². The molecule has 1 aromatic carbocycles. The first kappa shape index (κ1) is 16.8. The SMILES string of the molecule is O=C(c1ccc(Br)c(C(F)(F)F)c1)N1CCOC(CBr)C1. The summed E-state index contributed by atoms with van der Waals surface area (Å²) >= 11 is 6.13. The maximum Gasteiger partial charge on any atom is 0.417 e. The van der Waals surface area contributed by atoms with Crippen molar-refractivity contribution in [1.29, 1.82) is 0 Å². The summed E-state index contributed by atoms with van der Waals surface area (Å²) in [5.74, 6) is -0.415. The summed E-state index contributed by atoms with van der Waals surface area (Å²) < 4.78 is 43.9. The zero-order valence-corrected chi connectivity index (χ0v) is 14.0. The molecule has 1 aliphatic heterocycles. The lowest BCUT2D eigenvalue weighted by molar-refractivity contribution is -0.138. The van der Waals surface area contributed by atoms with E-state index in [1.807, 2.05) is 0 Å². The first-order chi connectivity index (χ1) is 9.82. The molecule has 0 N–H and O–H groups in total. The average Bonchev–Trinajstić information content (AvgIpc) is 2.46. The van der Waals surface area contributed by atoms with Crippen LogP contribution in [0.25, 0.3) is 0 Å². The Morgan fingerprint density at radius 2 is 2.14 bits per heavy atom. The topological polar surface area (TPSA) is 29.5 Å². The summed E-state index contributed by atoms with van der Waals surface area (Å²) in [6.45, 7) is 1.12. The molecular formula is C13H12Br2F3NO2. The molecule has 116 valence electrons.